The van der Waals surface area contributed by atoms with E-state index in [4.69, 9.17) is 9.47 Å². The molecule has 1 aromatic carbocycles. The predicted octanol–water partition coefficient (Wildman–Crippen LogP) is 2.39. The molecule has 2 heterocycles. The number of aromatic nitrogens is 2. The molecular formula is C19H26N4O3. The summed E-state index contributed by atoms with van der Waals surface area (Å²) in [5.41, 5.74) is 0. The van der Waals surface area contributed by atoms with Crippen molar-refractivity contribution in [1.29, 1.82) is 0 Å². The molecule has 2 unspecified atom stereocenters. The first-order valence-corrected chi connectivity index (χ1v) is 9.04. The Bertz CT molecular complexity index is 705. The van der Waals surface area contributed by atoms with Crippen LogP contribution >= 0.6 is 0 Å². The molecule has 3 rings (SSSR count). The van der Waals surface area contributed by atoms with Crippen LogP contribution in [0.1, 0.15) is 13.8 Å². The summed E-state index contributed by atoms with van der Waals surface area (Å²) in [6, 6.07) is 9.41. The van der Waals surface area contributed by atoms with Crippen LogP contribution in [0.15, 0.2) is 42.7 Å². The SMILES string of the molecule is CCN(CC1COc2ccccc2O1)C(=O)NCC(C)Cn1cccn1. The van der Waals surface area contributed by atoms with E-state index in [1.807, 2.05) is 48.1 Å². The van der Waals surface area contributed by atoms with Gasteiger partial charge in [0.25, 0.3) is 0 Å². The van der Waals surface area contributed by atoms with E-state index in [1.165, 1.54) is 0 Å². The van der Waals surface area contributed by atoms with Gasteiger partial charge in [-0.3, -0.25) is 4.68 Å². The molecule has 0 radical (unpaired) electrons. The second-order valence-corrected chi connectivity index (χ2v) is 6.56. The highest BCUT2D eigenvalue weighted by Crippen LogP contribution is 2.30. The fourth-order valence-electron chi connectivity index (χ4n) is 2.92. The summed E-state index contributed by atoms with van der Waals surface area (Å²) in [6.45, 7) is 6.97. The average molecular weight is 358 g/mol. The molecular weight excluding hydrogens is 332 g/mol. The second kappa shape index (κ2) is 8.60. The number of carbonyl (C=O) groups excluding carboxylic acids is 1. The maximum absolute atomic E-state index is 12.5. The van der Waals surface area contributed by atoms with E-state index < -0.39 is 0 Å². The smallest absolute Gasteiger partial charge is 0.317 e. The van der Waals surface area contributed by atoms with Crippen LogP contribution in [0.4, 0.5) is 4.79 Å². The van der Waals surface area contributed by atoms with Gasteiger partial charge in [0, 0.05) is 32.0 Å². The van der Waals surface area contributed by atoms with Crippen molar-refractivity contribution in [2.75, 3.05) is 26.2 Å². The van der Waals surface area contributed by atoms with Crippen LogP contribution in [-0.4, -0.2) is 53.1 Å². The van der Waals surface area contributed by atoms with Crippen LogP contribution in [0.2, 0.25) is 0 Å². The molecule has 1 aliphatic rings. The van der Waals surface area contributed by atoms with E-state index >= 15 is 0 Å². The highest BCUT2D eigenvalue weighted by molar-refractivity contribution is 5.74. The van der Waals surface area contributed by atoms with E-state index in [9.17, 15) is 4.79 Å². The van der Waals surface area contributed by atoms with Gasteiger partial charge in [0.15, 0.2) is 17.6 Å². The molecule has 2 amide bonds. The summed E-state index contributed by atoms with van der Waals surface area (Å²) >= 11 is 0. The van der Waals surface area contributed by atoms with Gasteiger partial charge in [-0.2, -0.15) is 5.10 Å². The number of urea groups is 1. The van der Waals surface area contributed by atoms with Gasteiger partial charge in [-0.25, -0.2) is 4.79 Å². The summed E-state index contributed by atoms with van der Waals surface area (Å²) < 4.78 is 13.6. The number of nitrogens with one attached hydrogen (secondary N) is 1. The van der Waals surface area contributed by atoms with Crippen molar-refractivity contribution in [2.45, 2.75) is 26.5 Å². The minimum absolute atomic E-state index is 0.0812. The molecule has 0 saturated carbocycles. The minimum atomic E-state index is -0.169. The van der Waals surface area contributed by atoms with Gasteiger partial charge >= 0.3 is 6.03 Å². The van der Waals surface area contributed by atoms with Crippen molar-refractivity contribution >= 4 is 6.03 Å². The Labute approximate surface area is 153 Å². The Balaban J connectivity index is 1.46. The van der Waals surface area contributed by atoms with Gasteiger partial charge in [-0.1, -0.05) is 19.1 Å². The predicted molar refractivity (Wildman–Crippen MR) is 98.4 cm³/mol. The molecule has 0 fully saturated rings. The zero-order valence-electron chi connectivity index (χ0n) is 15.3. The van der Waals surface area contributed by atoms with E-state index in [2.05, 4.69) is 17.3 Å². The van der Waals surface area contributed by atoms with Gasteiger partial charge < -0.3 is 19.7 Å². The molecule has 0 aliphatic carbocycles. The number of rotatable bonds is 7. The third-order valence-corrected chi connectivity index (χ3v) is 4.32. The fraction of sp³-hybridized carbons (Fsp3) is 0.474. The number of hydrogen-bond acceptors (Lipinski definition) is 4. The van der Waals surface area contributed by atoms with Crippen LogP contribution in [0.25, 0.3) is 0 Å². The first kappa shape index (κ1) is 18.1. The largest absolute Gasteiger partial charge is 0.486 e. The van der Waals surface area contributed by atoms with Gasteiger partial charge in [0.05, 0.1) is 6.54 Å². The van der Waals surface area contributed by atoms with Crippen molar-refractivity contribution in [1.82, 2.24) is 20.0 Å². The standard InChI is InChI=1S/C19H26N4O3/c1-3-22(13-16-14-25-17-7-4-5-8-18(17)26-16)19(24)20-11-15(2)12-23-10-6-9-21-23/h4-10,15-16H,3,11-14H2,1-2H3,(H,20,24). The third-order valence-electron chi connectivity index (χ3n) is 4.32. The number of nitrogens with zero attached hydrogens (tertiary/aromatic N) is 3. The van der Waals surface area contributed by atoms with Gasteiger partial charge in [-0.05, 0) is 31.0 Å². The van der Waals surface area contributed by atoms with Crippen molar-refractivity contribution in [3.63, 3.8) is 0 Å². The van der Waals surface area contributed by atoms with Crippen molar-refractivity contribution < 1.29 is 14.3 Å². The number of hydrogen-bond donors (Lipinski definition) is 1. The fourth-order valence-corrected chi connectivity index (χ4v) is 2.92. The van der Waals surface area contributed by atoms with Crippen molar-refractivity contribution in [2.24, 2.45) is 5.92 Å². The Hall–Kier alpha value is -2.70. The quantitative estimate of drug-likeness (QED) is 0.825. The first-order chi connectivity index (χ1) is 12.7. The van der Waals surface area contributed by atoms with E-state index in [0.29, 0.717) is 32.2 Å². The molecule has 1 aliphatic heterocycles. The number of benzene rings is 1. The number of para-hydroxylation sites is 2. The molecule has 0 spiro atoms. The van der Waals surface area contributed by atoms with Crippen molar-refractivity contribution in [3.05, 3.63) is 42.7 Å². The monoisotopic (exact) mass is 358 g/mol. The normalized spacial score (nSPS) is 16.8. The first-order valence-electron chi connectivity index (χ1n) is 9.04. The van der Waals surface area contributed by atoms with Gasteiger partial charge in [0.2, 0.25) is 0 Å². The van der Waals surface area contributed by atoms with Crippen LogP contribution < -0.4 is 14.8 Å². The molecule has 1 aromatic heterocycles. The van der Waals surface area contributed by atoms with E-state index in [0.717, 1.165) is 18.0 Å². The zero-order valence-corrected chi connectivity index (χ0v) is 15.3. The number of carbonyl (C=O) groups is 1. The average Bonchev–Trinajstić information content (AvgIpc) is 3.17. The highest BCUT2D eigenvalue weighted by Gasteiger charge is 2.24. The van der Waals surface area contributed by atoms with Crippen LogP contribution in [-0.2, 0) is 6.54 Å². The van der Waals surface area contributed by atoms with Crippen LogP contribution in [0.3, 0.4) is 0 Å². The second-order valence-electron chi connectivity index (χ2n) is 6.56. The molecule has 0 bridgehead atoms. The van der Waals surface area contributed by atoms with Gasteiger partial charge in [-0.15, -0.1) is 0 Å². The summed E-state index contributed by atoms with van der Waals surface area (Å²) in [5, 5.41) is 7.20. The van der Waals surface area contributed by atoms with Crippen LogP contribution in [0.5, 0.6) is 11.5 Å². The Morgan fingerprint density at radius 3 is 2.92 bits per heavy atom. The lowest BCUT2D eigenvalue weighted by molar-refractivity contribution is 0.0674. The minimum Gasteiger partial charge on any atom is -0.486 e. The number of ether oxygens (including phenoxy) is 2. The molecule has 2 aromatic rings. The van der Waals surface area contributed by atoms with E-state index in [1.54, 1.807) is 11.1 Å². The molecule has 7 nitrogen and oxygen atoms in total. The summed E-state index contributed by atoms with van der Waals surface area (Å²) in [7, 11) is 0. The third kappa shape index (κ3) is 4.68. The molecule has 2 atom stereocenters. The highest BCUT2D eigenvalue weighted by atomic mass is 16.6. The molecule has 1 N–H and O–H groups in total. The summed E-state index contributed by atoms with van der Waals surface area (Å²) in [5.74, 6) is 1.77. The summed E-state index contributed by atoms with van der Waals surface area (Å²) in [6.07, 6.45) is 3.51. The van der Waals surface area contributed by atoms with Crippen molar-refractivity contribution in [3.8, 4) is 11.5 Å². The number of likely N-dealkylation sites (N-methyl/N-ethyl adjacent to an activating group) is 1. The lowest BCUT2D eigenvalue weighted by Crippen LogP contribution is -2.48. The lowest BCUT2D eigenvalue weighted by atomic mass is 10.2. The molecule has 26 heavy (non-hydrogen) atoms. The molecule has 140 valence electrons. The Morgan fingerprint density at radius 2 is 2.19 bits per heavy atom. The number of fused-ring (bicyclic) bond motifs is 1. The maximum Gasteiger partial charge on any atom is 0.317 e. The molecule has 0 saturated heterocycles. The maximum atomic E-state index is 12.5. The summed E-state index contributed by atoms with van der Waals surface area (Å²) in [4.78, 5) is 14.2. The zero-order chi connectivity index (χ0) is 18.4. The topological polar surface area (TPSA) is 68.6 Å². The molecule has 7 heteroatoms. The number of amides is 2. The van der Waals surface area contributed by atoms with E-state index in [-0.39, 0.29) is 12.1 Å². The van der Waals surface area contributed by atoms with Gasteiger partial charge in [0.1, 0.15) is 6.61 Å². The Kier molecular flexibility index (Phi) is 5.99. The lowest BCUT2D eigenvalue weighted by Gasteiger charge is -2.31. The Morgan fingerprint density at radius 1 is 1.38 bits per heavy atom. The van der Waals surface area contributed by atoms with Crippen LogP contribution in [0, 0.1) is 5.92 Å².